The Bertz CT molecular complexity index is 1230. The second kappa shape index (κ2) is 8.68. The standard InChI is InChI=1S/C22H18BrFN2O4S/c23-16-5-10-20(19(24)13-16)25-22(27)14-30-17-6-8-18(9-7-17)31(28,29)26-12-11-15-3-1-2-4-21(15)26/h1-10,13H,11-12,14H2,(H,25,27). The van der Waals surface area contributed by atoms with Crippen molar-refractivity contribution in [3.8, 4) is 5.75 Å². The second-order valence-corrected chi connectivity index (χ2v) is 9.67. The fourth-order valence-corrected chi connectivity index (χ4v) is 5.16. The van der Waals surface area contributed by atoms with Crippen LogP contribution in [0.25, 0.3) is 0 Å². The van der Waals surface area contributed by atoms with Crippen LogP contribution < -0.4 is 14.4 Å². The predicted octanol–water partition coefficient (Wildman–Crippen LogP) is 4.36. The Labute approximate surface area is 187 Å². The molecule has 3 aromatic rings. The zero-order valence-electron chi connectivity index (χ0n) is 16.2. The molecule has 4 rings (SSSR count). The number of halogens is 2. The first-order valence-electron chi connectivity index (χ1n) is 9.43. The van der Waals surface area contributed by atoms with Gasteiger partial charge >= 0.3 is 0 Å². The molecule has 0 fully saturated rings. The van der Waals surface area contributed by atoms with Crippen LogP contribution in [0.2, 0.25) is 0 Å². The molecule has 1 heterocycles. The first kappa shape index (κ1) is 21.3. The van der Waals surface area contributed by atoms with E-state index in [1.807, 2.05) is 18.2 Å². The van der Waals surface area contributed by atoms with Crippen LogP contribution in [0.1, 0.15) is 5.56 Å². The minimum absolute atomic E-state index is 0.0455. The molecule has 0 saturated carbocycles. The zero-order valence-corrected chi connectivity index (χ0v) is 18.6. The number of sulfonamides is 1. The lowest BCUT2D eigenvalue weighted by atomic mass is 10.2. The molecule has 0 saturated heterocycles. The van der Waals surface area contributed by atoms with E-state index in [1.54, 1.807) is 12.1 Å². The van der Waals surface area contributed by atoms with Crippen LogP contribution in [-0.4, -0.2) is 27.5 Å². The van der Waals surface area contributed by atoms with Crippen molar-refractivity contribution >= 4 is 43.2 Å². The molecule has 160 valence electrons. The number of carbonyl (C=O) groups is 1. The van der Waals surface area contributed by atoms with Gasteiger partial charge in [-0.3, -0.25) is 9.10 Å². The lowest BCUT2D eigenvalue weighted by Gasteiger charge is -2.19. The summed E-state index contributed by atoms with van der Waals surface area (Å²) in [5, 5.41) is 2.43. The van der Waals surface area contributed by atoms with Crippen molar-refractivity contribution in [2.75, 3.05) is 22.8 Å². The van der Waals surface area contributed by atoms with Gasteiger partial charge in [-0.2, -0.15) is 0 Å². The van der Waals surface area contributed by atoms with Crippen LogP contribution in [0.5, 0.6) is 5.75 Å². The van der Waals surface area contributed by atoms with Crippen molar-refractivity contribution < 1.29 is 22.3 Å². The number of carbonyl (C=O) groups excluding carboxylic acids is 1. The highest BCUT2D eigenvalue weighted by molar-refractivity contribution is 9.10. The third kappa shape index (κ3) is 4.57. The maximum atomic E-state index is 13.8. The SMILES string of the molecule is O=C(COc1ccc(S(=O)(=O)N2CCc3ccccc32)cc1)Nc1ccc(Br)cc1F. The first-order chi connectivity index (χ1) is 14.8. The smallest absolute Gasteiger partial charge is 0.264 e. The quantitative estimate of drug-likeness (QED) is 0.541. The Morgan fingerprint density at radius 1 is 1.10 bits per heavy atom. The lowest BCUT2D eigenvalue weighted by Crippen LogP contribution is -2.29. The van der Waals surface area contributed by atoms with Gasteiger partial charge in [-0.15, -0.1) is 0 Å². The number of fused-ring (bicyclic) bond motifs is 1. The van der Waals surface area contributed by atoms with Crippen LogP contribution >= 0.6 is 15.9 Å². The van der Waals surface area contributed by atoms with E-state index in [4.69, 9.17) is 4.74 Å². The van der Waals surface area contributed by atoms with Crippen molar-refractivity contribution in [1.82, 2.24) is 0 Å². The maximum absolute atomic E-state index is 13.8. The van der Waals surface area contributed by atoms with Crippen LogP contribution in [0.3, 0.4) is 0 Å². The van der Waals surface area contributed by atoms with E-state index in [9.17, 15) is 17.6 Å². The van der Waals surface area contributed by atoms with Gasteiger partial charge in [0, 0.05) is 11.0 Å². The summed E-state index contributed by atoms with van der Waals surface area (Å²) < 4.78 is 47.2. The molecule has 1 N–H and O–H groups in total. The summed E-state index contributed by atoms with van der Waals surface area (Å²) in [6, 6.07) is 17.6. The fraction of sp³-hybridized carbons (Fsp3) is 0.136. The first-order valence-corrected chi connectivity index (χ1v) is 11.7. The average molecular weight is 505 g/mol. The fourth-order valence-electron chi connectivity index (χ4n) is 3.32. The molecule has 3 aromatic carbocycles. The van der Waals surface area contributed by atoms with Gasteiger partial charge in [0.2, 0.25) is 0 Å². The number of benzene rings is 3. The molecule has 9 heteroatoms. The molecule has 6 nitrogen and oxygen atoms in total. The van der Waals surface area contributed by atoms with Crippen LogP contribution in [0.15, 0.2) is 76.1 Å². The number of rotatable bonds is 6. The summed E-state index contributed by atoms with van der Waals surface area (Å²) >= 11 is 3.15. The summed E-state index contributed by atoms with van der Waals surface area (Å²) in [7, 11) is -3.70. The summed E-state index contributed by atoms with van der Waals surface area (Å²) in [6.07, 6.45) is 0.671. The van der Waals surface area contributed by atoms with Gasteiger partial charge in [-0.1, -0.05) is 34.1 Å². The predicted molar refractivity (Wildman–Crippen MR) is 119 cm³/mol. The highest BCUT2D eigenvalue weighted by Gasteiger charge is 2.30. The number of hydrogen-bond acceptors (Lipinski definition) is 4. The Morgan fingerprint density at radius 2 is 1.84 bits per heavy atom. The molecule has 0 aliphatic carbocycles. The minimum atomic E-state index is -3.70. The molecular weight excluding hydrogens is 487 g/mol. The zero-order chi connectivity index (χ0) is 22.0. The number of nitrogens with one attached hydrogen (secondary N) is 1. The van der Waals surface area contributed by atoms with E-state index >= 15 is 0 Å². The van der Waals surface area contributed by atoms with E-state index in [0.717, 1.165) is 5.56 Å². The van der Waals surface area contributed by atoms with E-state index in [2.05, 4.69) is 21.2 Å². The number of anilines is 2. The summed E-state index contributed by atoms with van der Waals surface area (Å²) in [5.41, 5.74) is 1.74. The molecule has 1 amide bonds. The van der Waals surface area contributed by atoms with Gasteiger partial charge in [0.15, 0.2) is 6.61 Å². The van der Waals surface area contributed by atoms with Gasteiger partial charge in [-0.05, 0) is 60.5 Å². The molecule has 0 radical (unpaired) electrons. The number of para-hydroxylation sites is 1. The van der Waals surface area contributed by atoms with Crippen LogP contribution in [0.4, 0.5) is 15.8 Å². The Balaban J connectivity index is 1.40. The topological polar surface area (TPSA) is 75.7 Å². The summed E-state index contributed by atoms with van der Waals surface area (Å²) in [4.78, 5) is 12.2. The third-order valence-corrected chi connectivity index (χ3v) is 7.15. The van der Waals surface area contributed by atoms with Gasteiger partial charge in [0.05, 0.1) is 16.3 Å². The van der Waals surface area contributed by atoms with Crippen molar-refractivity contribution in [3.05, 3.63) is 82.6 Å². The largest absolute Gasteiger partial charge is 0.484 e. The van der Waals surface area contributed by atoms with Crippen molar-refractivity contribution in [2.24, 2.45) is 0 Å². The van der Waals surface area contributed by atoms with Crippen molar-refractivity contribution in [3.63, 3.8) is 0 Å². The maximum Gasteiger partial charge on any atom is 0.264 e. The number of nitrogens with zero attached hydrogens (tertiary/aromatic N) is 1. The van der Waals surface area contributed by atoms with Crippen molar-refractivity contribution in [2.45, 2.75) is 11.3 Å². The Kier molecular flexibility index (Phi) is 5.97. The van der Waals surface area contributed by atoms with E-state index in [-0.39, 0.29) is 17.2 Å². The molecule has 0 spiro atoms. The van der Waals surface area contributed by atoms with E-state index in [0.29, 0.717) is 28.9 Å². The Hall–Kier alpha value is -2.91. The monoisotopic (exact) mass is 504 g/mol. The number of hydrogen-bond donors (Lipinski definition) is 1. The number of amides is 1. The van der Waals surface area contributed by atoms with Gasteiger partial charge in [0.1, 0.15) is 11.6 Å². The number of ether oxygens (including phenoxy) is 1. The molecule has 31 heavy (non-hydrogen) atoms. The molecular formula is C22H18BrFN2O4S. The Morgan fingerprint density at radius 3 is 2.58 bits per heavy atom. The van der Waals surface area contributed by atoms with Gasteiger partial charge in [-0.25, -0.2) is 12.8 Å². The molecule has 1 aliphatic rings. The molecule has 1 aliphatic heterocycles. The highest BCUT2D eigenvalue weighted by Crippen LogP contribution is 2.33. The molecule has 0 atom stereocenters. The van der Waals surface area contributed by atoms with E-state index in [1.165, 1.54) is 40.7 Å². The summed E-state index contributed by atoms with van der Waals surface area (Å²) in [6.45, 7) is 0.0494. The average Bonchev–Trinajstić information content (AvgIpc) is 3.20. The highest BCUT2D eigenvalue weighted by atomic mass is 79.9. The third-order valence-electron chi connectivity index (χ3n) is 4.83. The van der Waals surface area contributed by atoms with Crippen LogP contribution in [0, 0.1) is 5.82 Å². The molecule has 0 bridgehead atoms. The van der Waals surface area contributed by atoms with Gasteiger partial charge in [0.25, 0.3) is 15.9 Å². The lowest BCUT2D eigenvalue weighted by molar-refractivity contribution is -0.118. The molecule has 0 unspecified atom stereocenters. The van der Waals surface area contributed by atoms with E-state index < -0.39 is 21.7 Å². The molecule has 0 aromatic heterocycles. The summed E-state index contributed by atoms with van der Waals surface area (Å²) in [5.74, 6) is -0.778. The van der Waals surface area contributed by atoms with Gasteiger partial charge < -0.3 is 10.1 Å². The minimum Gasteiger partial charge on any atom is -0.484 e. The second-order valence-electron chi connectivity index (χ2n) is 6.89. The normalized spacial score (nSPS) is 13.0. The van der Waals surface area contributed by atoms with Crippen molar-refractivity contribution in [1.29, 1.82) is 0 Å². The van der Waals surface area contributed by atoms with Crippen LogP contribution in [-0.2, 0) is 21.2 Å².